The Morgan fingerprint density at radius 2 is 2.29 bits per heavy atom. The van der Waals surface area contributed by atoms with Crippen LogP contribution < -0.4 is 10.1 Å². The fraction of sp³-hybridized carbons (Fsp3) is 0.467. The first-order valence-electron chi connectivity index (χ1n) is 7.00. The van der Waals surface area contributed by atoms with Crippen LogP contribution in [0, 0.1) is 0 Å². The molecule has 1 amide bonds. The zero-order chi connectivity index (χ0) is 15.4. The number of carbonyl (C=O) groups excluding carboxylic acids is 1. The van der Waals surface area contributed by atoms with Gasteiger partial charge in [0.1, 0.15) is 17.6 Å². The van der Waals surface area contributed by atoms with Gasteiger partial charge in [-0.3, -0.25) is 4.79 Å². The normalized spacial score (nSPS) is 12.4. The first-order valence-corrected chi connectivity index (χ1v) is 7.54. The number of benzene rings is 1. The third-order valence-corrected chi connectivity index (χ3v) is 3.59. The Morgan fingerprint density at radius 3 is 2.90 bits per heavy atom. The van der Waals surface area contributed by atoms with Crippen molar-refractivity contribution in [3.63, 3.8) is 0 Å². The van der Waals surface area contributed by atoms with Gasteiger partial charge in [-0.1, -0.05) is 0 Å². The number of hydrogen-bond donors (Lipinski definition) is 1. The predicted molar refractivity (Wildman–Crippen MR) is 84.1 cm³/mol. The molecule has 1 atom stereocenters. The van der Waals surface area contributed by atoms with E-state index in [0.717, 1.165) is 22.6 Å². The van der Waals surface area contributed by atoms with Crippen LogP contribution in [0.25, 0.3) is 11.0 Å². The maximum atomic E-state index is 12.1. The Balaban J connectivity index is 2.52. The molecule has 0 aliphatic carbocycles. The van der Waals surface area contributed by atoms with E-state index in [2.05, 4.69) is 10.3 Å². The van der Waals surface area contributed by atoms with Gasteiger partial charge in [0, 0.05) is 24.9 Å². The van der Waals surface area contributed by atoms with E-state index < -0.39 is 0 Å². The second kappa shape index (κ2) is 6.80. The van der Waals surface area contributed by atoms with Crippen molar-refractivity contribution in [3.05, 3.63) is 24.0 Å². The molecule has 1 N–H and O–H groups in total. The summed E-state index contributed by atoms with van der Waals surface area (Å²) in [7, 11) is 1.62. The van der Waals surface area contributed by atoms with E-state index >= 15 is 0 Å². The van der Waals surface area contributed by atoms with Gasteiger partial charge >= 0.3 is 0 Å². The number of amides is 1. The number of carbonyl (C=O) groups is 1. The smallest absolute Gasteiger partial charge is 0.242 e. The van der Waals surface area contributed by atoms with Crippen molar-refractivity contribution >= 4 is 28.5 Å². The highest BCUT2D eigenvalue weighted by Crippen LogP contribution is 2.25. The highest BCUT2D eigenvalue weighted by Gasteiger charge is 2.21. The predicted octanol–water partition coefficient (Wildman–Crippen LogP) is 2.52. The van der Waals surface area contributed by atoms with Gasteiger partial charge in [-0.25, -0.2) is 4.98 Å². The maximum absolute atomic E-state index is 12.1. The minimum atomic E-state index is -0.332. The Kier molecular flexibility index (Phi) is 5.07. The van der Waals surface area contributed by atoms with Crippen LogP contribution in [0.5, 0.6) is 5.75 Å². The van der Waals surface area contributed by atoms with Gasteiger partial charge < -0.3 is 14.6 Å². The van der Waals surface area contributed by atoms with Crippen molar-refractivity contribution in [3.8, 4) is 5.75 Å². The summed E-state index contributed by atoms with van der Waals surface area (Å²) in [6, 6.07) is 5.33. The number of nitrogens with zero attached hydrogens (tertiary/aromatic N) is 2. The van der Waals surface area contributed by atoms with Crippen LogP contribution in [0.2, 0.25) is 0 Å². The summed E-state index contributed by atoms with van der Waals surface area (Å²) in [5, 5.41) is 2.84. The van der Waals surface area contributed by atoms with E-state index in [1.807, 2.05) is 36.6 Å². The molecule has 114 valence electrons. The number of imidazole rings is 1. The minimum absolute atomic E-state index is 0.0246. The summed E-state index contributed by atoms with van der Waals surface area (Å²) in [6.45, 7) is 4.38. The SMILES string of the molecule is CCNC(=O)C(C)n1c(CCCl)nc2cc(OC)ccc21. The van der Waals surface area contributed by atoms with Crippen molar-refractivity contribution in [2.45, 2.75) is 26.3 Å². The first-order chi connectivity index (χ1) is 10.1. The van der Waals surface area contributed by atoms with Gasteiger partial charge in [0.2, 0.25) is 5.91 Å². The molecule has 21 heavy (non-hydrogen) atoms. The molecule has 5 nitrogen and oxygen atoms in total. The van der Waals surface area contributed by atoms with Crippen molar-refractivity contribution in [2.24, 2.45) is 0 Å². The Morgan fingerprint density at radius 1 is 1.52 bits per heavy atom. The lowest BCUT2D eigenvalue weighted by molar-refractivity contribution is -0.123. The van der Waals surface area contributed by atoms with Crippen LogP contribution in [-0.2, 0) is 11.2 Å². The molecule has 1 unspecified atom stereocenters. The number of halogens is 1. The standard InChI is InChI=1S/C15H20ClN3O2/c1-4-17-15(20)10(2)19-13-6-5-11(21-3)9-12(13)18-14(19)7-8-16/h5-6,9-10H,4,7-8H2,1-3H3,(H,17,20). The van der Waals surface area contributed by atoms with Gasteiger partial charge in [-0.2, -0.15) is 0 Å². The van der Waals surface area contributed by atoms with Gasteiger partial charge in [0.25, 0.3) is 0 Å². The highest BCUT2D eigenvalue weighted by atomic mass is 35.5. The van der Waals surface area contributed by atoms with E-state index in [9.17, 15) is 4.79 Å². The van der Waals surface area contributed by atoms with Crippen molar-refractivity contribution < 1.29 is 9.53 Å². The van der Waals surface area contributed by atoms with Crippen molar-refractivity contribution in [1.29, 1.82) is 0 Å². The molecule has 0 aliphatic rings. The van der Waals surface area contributed by atoms with Crippen LogP contribution in [0.4, 0.5) is 0 Å². The highest BCUT2D eigenvalue weighted by molar-refractivity contribution is 6.17. The number of fused-ring (bicyclic) bond motifs is 1. The summed E-state index contributed by atoms with van der Waals surface area (Å²) >= 11 is 5.86. The number of aryl methyl sites for hydroxylation is 1. The quantitative estimate of drug-likeness (QED) is 0.834. The summed E-state index contributed by atoms with van der Waals surface area (Å²) in [5.41, 5.74) is 1.72. The second-order valence-corrected chi connectivity index (χ2v) is 5.14. The van der Waals surface area contributed by atoms with Gasteiger partial charge in [0.15, 0.2) is 0 Å². The van der Waals surface area contributed by atoms with Gasteiger partial charge in [-0.15, -0.1) is 11.6 Å². The molecule has 0 fully saturated rings. The first kappa shape index (κ1) is 15.6. The molecule has 1 heterocycles. The zero-order valence-electron chi connectivity index (χ0n) is 12.5. The molecule has 2 rings (SSSR count). The van der Waals surface area contributed by atoms with Crippen LogP contribution in [-0.4, -0.2) is 35.0 Å². The van der Waals surface area contributed by atoms with Gasteiger partial charge in [0.05, 0.1) is 18.1 Å². The number of likely N-dealkylation sites (N-methyl/N-ethyl adjacent to an activating group) is 1. The number of ether oxygens (including phenoxy) is 1. The Bertz CT molecular complexity index is 639. The van der Waals surface area contributed by atoms with E-state index in [4.69, 9.17) is 16.3 Å². The molecule has 6 heteroatoms. The molecule has 1 aromatic carbocycles. The van der Waals surface area contributed by atoms with E-state index in [-0.39, 0.29) is 11.9 Å². The third kappa shape index (κ3) is 3.13. The maximum Gasteiger partial charge on any atom is 0.242 e. The number of hydrogen-bond acceptors (Lipinski definition) is 3. The third-order valence-electron chi connectivity index (χ3n) is 3.41. The lowest BCUT2D eigenvalue weighted by Gasteiger charge is -2.16. The van der Waals surface area contributed by atoms with Crippen molar-refractivity contribution in [1.82, 2.24) is 14.9 Å². The van der Waals surface area contributed by atoms with E-state index in [0.29, 0.717) is 18.8 Å². The summed E-state index contributed by atoms with van der Waals surface area (Å²) in [5.74, 6) is 1.99. The molecule has 0 radical (unpaired) electrons. The molecule has 0 saturated heterocycles. The average Bonchev–Trinajstić information content (AvgIpc) is 2.83. The van der Waals surface area contributed by atoms with Gasteiger partial charge in [-0.05, 0) is 26.0 Å². The molecular formula is C15H20ClN3O2. The van der Waals surface area contributed by atoms with Crippen LogP contribution in [0.1, 0.15) is 25.7 Å². The van der Waals surface area contributed by atoms with E-state index in [1.54, 1.807) is 7.11 Å². The second-order valence-electron chi connectivity index (χ2n) is 4.76. The van der Waals surface area contributed by atoms with Crippen molar-refractivity contribution in [2.75, 3.05) is 19.5 Å². The monoisotopic (exact) mass is 309 g/mol. The van der Waals surface area contributed by atoms with Crippen LogP contribution in [0.15, 0.2) is 18.2 Å². The molecule has 0 bridgehead atoms. The minimum Gasteiger partial charge on any atom is -0.497 e. The molecule has 2 aromatic rings. The molecule has 0 saturated carbocycles. The molecule has 0 spiro atoms. The number of alkyl halides is 1. The van der Waals surface area contributed by atoms with Crippen LogP contribution >= 0.6 is 11.6 Å². The Hall–Kier alpha value is -1.75. The lowest BCUT2D eigenvalue weighted by atomic mass is 10.2. The number of nitrogens with one attached hydrogen (secondary N) is 1. The lowest BCUT2D eigenvalue weighted by Crippen LogP contribution is -2.31. The fourth-order valence-electron chi connectivity index (χ4n) is 2.39. The Labute approximate surface area is 129 Å². The largest absolute Gasteiger partial charge is 0.497 e. The number of aromatic nitrogens is 2. The summed E-state index contributed by atoms with van der Waals surface area (Å²) in [4.78, 5) is 16.7. The summed E-state index contributed by atoms with van der Waals surface area (Å²) in [6.07, 6.45) is 0.613. The van der Waals surface area contributed by atoms with E-state index in [1.165, 1.54) is 0 Å². The average molecular weight is 310 g/mol. The molecular weight excluding hydrogens is 290 g/mol. The molecule has 0 aliphatic heterocycles. The zero-order valence-corrected chi connectivity index (χ0v) is 13.3. The summed E-state index contributed by atoms with van der Waals surface area (Å²) < 4.78 is 7.17. The number of methoxy groups -OCH3 is 1. The number of rotatable bonds is 6. The topological polar surface area (TPSA) is 56.2 Å². The fourth-order valence-corrected chi connectivity index (χ4v) is 2.56. The molecule has 1 aromatic heterocycles. The van der Waals surface area contributed by atoms with Crippen LogP contribution in [0.3, 0.4) is 0 Å².